The van der Waals surface area contributed by atoms with Crippen molar-refractivity contribution in [3.05, 3.63) is 59.5 Å². The maximum Gasteiger partial charge on any atom is 0.338 e. The summed E-state index contributed by atoms with van der Waals surface area (Å²) in [6.45, 7) is 0.696. The van der Waals surface area contributed by atoms with Crippen LogP contribution in [0.4, 0.5) is 0 Å². The largest absolute Gasteiger partial charge is 0.478 e. The first-order valence-electron chi connectivity index (χ1n) is 7.82. The molecule has 1 amide bonds. The van der Waals surface area contributed by atoms with E-state index in [1.165, 1.54) is 11.6 Å². The van der Waals surface area contributed by atoms with Gasteiger partial charge in [-0.1, -0.05) is 30.3 Å². The van der Waals surface area contributed by atoms with Crippen LogP contribution in [-0.2, 0) is 6.42 Å². The van der Waals surface area contributed by atoms with Crippen molar-refractivity contribution in [3.63, 3.8) is 0 Å². The van der Waals surface area contributed by atoms with Crippen molar-refractivity contribution in [1.29, 1.82) is 0 Å². The highest BCUT2D eigenvalue weighted by Crippen LogP contribution is 2.24. The summed E-state index contributed by atoms with van der Waals surface area (Å²) < 4.78 is 5.14. The molecule has 5 nitrogen and oxygen atoms in total. The lowest BCUT2D eigenvalue weighted by Crippen LogP contribution is -2.35. The Bertz CT molecular complexity index is 692. The van der Waals surface area contributed by atoms with E-state index < -0.39 is 5.97 Å². The highest BCUT2D eigenvalue weighted by Gasteiger charge is 2.31. The number of benzene rings is 1. The standard InChI is InChI=1S/C18H19NO4/c20-17(16-11-14(12-23-16)18(21)22)19-10-4-7-15(19)9-8-13-5-2-1-3-6-13/h1-3,5-6,11-12,15H,4,7-10H2,(H,21,22)/t15-/m1/s1. The molecular weight excluding hydrogens is 294 g/mol. The number of carboxylic acids is 1. The van der Waals surface area contributed by atoms with E-state index in [9.17, 15) is 9.59 Å². The second-order valence-corrected chi connectivity index (χ2v) is 5.82. The third-order valence-corrected chi connectivity index (χ3v) is 4.30. The molecule has 1 atom stereocenters. The van der Waals surface area contributed by atoms with E-state index in [0.29, 0.717) is 6.54 Å². The molecule has 0 aliphatic carbocycles. The van der Waals surface area contributed by atoms with Crippen molar-refractivity contribution >= 4 is 11.9 Å². The first-order chi connectivity index (χ1) is 11.1. The number of hydrogen-bond donors (Lipinski definition) is 1. The molecule has 0 bridgehead atoms. The number of carboxylic acid groups (broad SMARTS) is 1. The van der Waals surface area contributed by atoms with Crippen LogP contribution >= 0.6 is 0 Å². The summed E-state index contributed by atoms with van der Waals surface area (Å²) in [5.74, 6) is -1.20. The lowest BCUT2D eigenvalue weighted by molar-refractivity contribution is 0.0688. The molecule has 0 saturated carbocycles. The first kappa shape index (κ1) is 15.3. The lowest BCUT2D eigenvalue weighted by atomic mass is 10.0. The average Bonchev–Trinajstić information content (AvgIpc) is 3.22. The Morgan fingerprint density at radius 2 is 2.04 bits per heavy atom. The molecule has 1 aliphatic heterocycles. The van der Waals surface area contributed by atoms with E-state index in [1.54, 1.807) is 0 Å². The molecule has 1 aromatic heterocycles. The van der Waals surface area contributed by atoms with Gasteiger partial charge in [0, 0.05) is 18.7 Å². The molecule has 120 valence electrons. The summed E-state index contributed by atoms with van der Waals surface area (Å²) in [4.78, 5) is 25.3. The van der Waals surface area contributed by atoms with Gasteiger partial charge in [-0.15, -0.1) is 0 Å². The predicted octanol–water partition coefficient (Wildman–Crippen LogP) is 3.22. The van der Waals surface area contributed by atoms with Crippen LogP contribution in [0, 0.1) is 0 Å². The highest BCUT2D eigenvalue weighted by atomic mass is 16.4. The van der Waals surface area contributed by atoms with Gasteiger partial charge in [0.05, 0.1) is 5.56 Å². The maximum absolute atomic E-state index is 12.5. The van der Waals surface area contributed by atoms with E-state index in [0.717, 1.165) is 31.9 Å². The summed E-state index contributed by atoms with van der Waals surface area (Å²) >= 11 is 0. The van der Waals surface area contributed by atoms with Crippen molar-refractivity contribution < 1.29 is 19.1 Å². The van der Waals surface area contributed by atoms with Crippen molar-refractivity contribution in [1.82, 2.24) is 4.90 Å². The summed E-state index contributed by atoms with van der Waals surface area (Å²) in [5.41, 5.74) is 1.27. The second-order valence-electron chi connectivity index (χ2n) is 5.82. The molecule has 5 heteroatoms. The van der Waals surface area contributed by atoms with Crippen molar-refractivity contribution in [2.24, 2.45) is 0 Å². The third-order valence-electron chi connectivity index (χ3n) is 4.30. The maximum atomic E-state index is 12.5. The fourth-order valence-electron chi connectivity index (χ4n) is 3.08. The monoisotopic (exact) mass is 313 g/mol. The predicted molar refractivity (Wildman–Crippen MR) is 84.5 cm³/mol. The van der Waals surface area contributed by atoms with Crippen LogP contribution in [-0.4, -0.2) is 34.5 Å². The quantitative estimate of drug-likeness (QED) is 0.920. The van der Waals surface area contributed by atoms with Crippen LogP contribution in [0.2, 0.25) is 0 Å². The Balaban J connectivity index is 1.65. The van der Waals surface area contributed by atoms with Crippen LogP contribution in [0.25, 0.3) is 0 Å². The van der Waals surface area contributed by atoms with E-state index >= 15 is 0 Å². The average molecular weight is 313 g/mol. The SMILES string of the molecule is O=C(O)c1coc(C(=O)N2CCC[C@@H]2CCc2ccccc2)c1. The number of carbonyl (C=O) groups excluding carboxylic acids is 1. The van der Waals surface area contributed by atoms with Gasteiger partial charge in [-0.25, -0.2) is 4.79 Å². The summed E-state index contributed by atoms with van der Waals surface area (Å²) in [7, 11) is 0. The molecule has 0 spiro atoms. The van der Waals surface area contributed by atoms with Crippen LogP contribution in [0.1, 0.15) is 45.7 Å². The Morgan fingerprint density at radius 3 is 2.74 bits per heavy atom. The number of furan rings is 1. The molecule has 0 radical (unpaired) electrons. The van der Waals surface area contributed by atoms with E-state index in [1.807, 2.05) is 23.1 Å². The summed E-state index contributed by atoms with van der Waals surface area (Å²) in [6, 6.07) is 11.7. The van der Waals surface area contributed by atoms with Gasteiger partial charge in [-0.3, -0.25) is 4.79 Å². The van der Waals surface area contributed by atoms with Gasteiger partial charge in [0.1, 0.15) is 6.26 Å². The Labute approximate surface area is 134 Å². The molecule has 0 unspecified atom stereocenters. The zero-order valence-electron chi connectivity index (χ0n) is 12.8. The van der Waals surface area contributed by atoms with E-state index in [-0.39, 0.29) is 23.3 Å². The van der Waals surface area contributed by atoms with Gasteiger partial charge < -0.3 is 14.4 Å². The van der Waals surface area contributed by atoms with Crippen molar-refractivity contribution in [2.75, 3.05) is 6.54 Å². The number of amides is 1. The zero-order valence-corrected chi connectivity index (χ0v) is 12.8. The van der Waals surface area contributed by atoms with E-state index in [2.05, 4.69) is 12.1 Å². The van der Waals surface area contributed by atoms with Gasteiger partial charge in [0.25, 0.3) is 5.91 Å². The number of aromatic carboxylic acids is 1. The molecule has 2 heterocycles. The van der Waals surface area contributed by atoms with Gasteiger partial charge in [-0.2, -0.15) is 0 Å². The summed E-state index contributed by atoms with van der Waals surface area (Å²) in [6.07, 6.45) is 4.89. The Hall–Kier alpha value is -2.56. The lowest BCUT2D eigenvalue weighted by Gasteiger charge is -2.23. The van der Waals surface area contributed by atoms with Crippen LogP contribution in [0.5, 0.6) is 0 Å². The number of hydrogen-bond acceptors (Lipinski definition) is 3. The van der Waals surface area contributed by atoms with Gasteiger partial charge in [0.2, 0.25) is 0 Å². The third kappa shape index (κ3) is 3.44. The molecule has 23 heavy (non-hydrogen) atoms. The van der Waals surface area contributed by atoms with Gasteiger partial charge >= 0.3 is 5.97 Å². The molecule has 3 rings (SSSR count). The minimum Gasteiger partial charge on any atom is -0.478 e. The Morgan fingerprint density at radius 1 is 1.26 bits per heavy atom. The minimum atomic E-state index is -1.09. The first-order valence-corrected chi connectivity index (χ1v) is 7.82. The number of nitrogens with zero attached hydrogens (tertiary/aromatic N) is 1. The molecule has 2 aromatic rings. The molecular formula is C18H19NO4. The molecule has 1 aliphatic rings. The normalized spacial score (nSPS) is 17.4. The number of likely N-dealkylation sites (tertiary alicyclic amines) is 1. The second kappa shape index (κ2) is 6.69. The van der Waals surface area contributed by atoms with Crippen LogP contribution in [0.15, 0.2) is 47.1 Å². The Kier molecular flexibility index (Phi) is 4.46. The fraction of sp³-hybridized carbons (Fsp3) is 0.333. The fourth-order valence-corrected chi connectivity index (χ4v) is 3.08. The van der Waals surface area contributed by atoms with Crippen LogP contribution in [0.3, 0.4) is 0 Å². The van der Waals surface area contributed by atoms with Gasteiger partial charge in [0.15, 0.2) is 5.76 Å². The molecule has 1 aromatic carbocycles. The summed E-state index contributed by atoms with van der Waals surface area (Å²) in [5, 5.41) is 8.92. The van der Waals surface area contributed by atoms with E-state index in [4.69, 9.17) is 9.52 Å². The minimum absolute atomic E-state index is 0.00776. The molecule has 1 saturated heterocycles. The zero-order chi connectivity index (χ0) is 16.2. The van der Waals surface area contributed by atoms with Gasteiger partial charge in [-0.05, 0) is 31.2 Å². The molecule has 1 fully saturated rings. The number of rotatable bonds is 5. The van der Waals surface area contributed by atoms with Crippen molar-refractivity contribution in [3.8, 4) is 0 Å². The van der Waals surface area contributed by atoms with Crippen molar-refractivity contribution in [2.45, 2.75) is 31.7 Å². The smallest absolute Gasteiger partial charge is 0.338 e. The molecule has 1 N–H and O–H groups in total. The topological polar surface area (TPSA) is 70.7 Å². The number of aryl methyl sites for hydroxylation is 1. The number of carbonyl (C=O) groups is 2. The highest BCUT2D eigenvalue weighted by molar-refractivity contribution is 5.95. The van der Waals surface area contributed by atoms with Crippen LogP contribution < -0.4 is 0 Å².